The first-order valence-electron chi connectivity index (χ1n) is 7.26. The molecule has 0 aliphatic heterocycles. The predicted octanol–water partition coefficient (Wildman–Crippen LogP) is 3.26. The standard InChI is InChI=1S/C17H22N4.HI/c1-3-18-17(21-13-16-10-6-7-11-19-16)20-12-15-9-5-4-8-14(15)2;/h4-11H,3,12-13H2,1-2H3,(H2,18,20,21);1H. The van der Waals surface area contributed by atoms with Crippen LogP contribution >= 0.6 is 24.0 Å². The van der Waals surface area contributed by atoms with Crippen LogP contribution in [0.1, 0.15) is 23.7 Å². The van der Waals surface area contributed by atoms with Crippen LogP contribution in [0.2, 0.25) is 0 Å². The summed E-state index contributed by atoms with van der Waals surface area (Å²) in [5.74, 6) is 0.811. The number of rotatable bonds is 5. The van der Waals surface area contributed by atoms with E-state index in [2.05, 4.69) is 46.6 Å². The molecular weight excluding hydrogens is 387 g/mol. The molecule has 4 nitrogen and oxygen atoms in total. The normalized spacial score (nSPS) is 10.7. The van der Waals surface area contributed by atoms with Crippen LogP contribution in [0.15, 0.2) is 53.7 Å². The summed E-state index contributed by atoms with van der Waals surface area (Å²) in [6, 6.07) is 14.2. The van der Waals surface area contributed by atoms with Gasteiger partial charge < -0.3 is 10.6 Å². The molecule has 1 aromatic heterocycles. The van der Waals surface area contributed by atoms with Gasteiger partial charge in [-0.1, -0.05) is 30.3 Å². The Morgan fingerprint density at radius 2 is 1.86 bits per heavy atom. The number of halogens is 1. The van der Waals surface area contributed by atoms with Gasteiger partial charge >= 0.3 is 0 Å². The first-order valence-corrected chi connectivity index (χ1v) is 7.26. The molecule has 0 aliphatic carbocycles. The Morgan fingerprint density at radius 3 is 2.55 bits per heavy atom. The molecular formula is C17H23IN4. The molecule has 2 aromatic rings. The average Bonchev–Trinajstić information content (AvgIpc) is 2.52. The number of aryl methyl sites for hydroxylation is 1. The van der Waals surface area contributed by atoms with E-state index < -0.39 is 0 Å². The van der Waals surface area contributed by atoms with Crippen LogP contribution in [0.5, 0.6) is 0 Å². The van der Waals surface area contributed by atoms with E-state index in [1.807, 2.05) is 30.3 Å². The van der Waals surface area contributed by atoms with Gasteiger partial charge in [0.15, 0.2) is 5.96 Å². The zero-order valence-electron chi connectivity index (χ0n) is 13.0. The molecule has 0 amide bonds. The van der Waals surface area contributed by atoms with Crippen LogP contribution in [0, 0.1) is 6.92 Å². The van der Waals surface area contributed by atoms with Gasteiger partial charge in [-0.2, -0.15) is 0 Å². The fourth-order valence-electron chi connectivity index (χ4n) is 1.97. The number of hydrogen-bond acceptors (Lipinski definition) is 2. The van der Waals surface area contributed by atoms with E-state index in [1.54, 1.807) is 6.20 Å². The van der Waals surface area contributed by atoms with Crippen molar-refractivity contribution < 1.29 is 0 Å². The van der Waals surface area contributed by atoms with E-state index in [9.17, 15) is 0 Å². The summed E-state index contributed by atoms with van der Waals surface area (Å²) in [6.07, 6.45) is 1.80. The minimum atomic E-state index is 0. The van der Waals surface area contributed by atoms with Gasteiger partial charge in [0.2, 0.25) is 0 Å². The summed E-state index contributed by atoms with van der Waals surface area (Å²) in [4.78, 5) is 8.92. The fourth-order valence-corrected chi connectivity index (χ4v) is 1.97. The third kappa shape index (κ3) is 6.01. The smallest absolute Gasteiger partial charge is 0.191 e. The molecule has 0 aliphatic rings. The maximum absolute atomic E-state index is 4.63. The highest BCUT2D eigenvalue weighted by atomic mass is 127. The number of nitrogens with zero attached hydrogens (tertiary/aromatic N) is 2. The topological polar surface area (TPSA) is 49.3 Å². The van der Waals surface area contributed by atoms with Crippen LogP contribution in [-0.4, -0.2) is 17.5 Å². The lowest BCUT2D eigenvalue weighted by Crippen LogP contribution is -2.37. The minimum Gasteiger partial charge on any atom is -0.357 e. The minimum absolute atomic E-state index is 0. The van der Waals surface area contributed by atoms with E-state index >= 15 is 0 Å². The third-order valence-electron chi connectivity index (χ3n) is 3.18. The molecule has 0 radical (unpaired) electrons. The van der Waals surface area contributed by atoms with E-state index in [-0.39, 0.29) is 24.0 Å². The molecule has 2 N–H and O–H groups in total. The Balaban J connectivity index is 0.00000242. The van der Waals surface area contributed by atoms with Crippen molar-refractivity contribution in [3.8, 4) is 0 Å². The first kappa shape index (κ1) is 18.4. The van der Waals surface area contributed by atoms with Crippen LogP contribution in [0.3, 0.4) is 0 Å². The van der Waals surface area contributed by atoms with E-state index in [1.165, 1.54) is 11.1 Å². The second-order valence-electron chi connectivity index (χ2n) is 4.80. The first-order chi connectivity index (χ1) is 10.3. The predicted molar refractivity (Wildman–Crippen MR) is 102 cm³/mol. The average molecular weight is 410 g/mol. The zero-order chi connectivity index (χ0) is 14.9. The Bertz CT molecular complexity index is 584. The van der Waals surface area contributed by atoms with Gasteiger partial charge in [-0.3, -0.25) is 4.98 Å². The largest absolute Gasteiger partial charge is 0.357 e. The maximum atomic E-state index is 4.63. The zero-order valence-corrected chi connectivity index (χ0v) is 15.4. The summed E-state index contributed by atoms with van der Waals surface area (Å²) in [7, 11) is 0. The van der Waals surface area contributed by atoms with Crippen molar-refractivity contribution in [3.05, 3.63) is 65.5 Å². The van der Waals surface area contributed by atoms with Crippen LogP contribution < -0.4 is 10.6 Å². The summed E-state index contributed by atoms with van der Waals surface area (Å²) < 4.78 is 0. The monoisotopic (exact) mass is 410 g/mol. The van der Waals surface area contributed by atoms with Crippen LogP contribution in [-0.2, 0) is 13.1 Å². The molecule has 0 saturated carbocycles. The van der Waals surface area contributed by atoms with Gasteiger partial charge in [0.25, 0.3) is 0 Å². The molecule has 118 valence electrons. The molecule has 0 fully saturated rings. The van der Waals surface area contributed by atoms with Gasteiger partial charge in [0.05, 0.1) is 18.8 Å². The number of aromatic nitrogens is 1. The number of nitrogens with one attached hydrogen (secondary N) is 2. The van der Waals surface area contributed by atoms with E-state index in [0.29, 0.717) is 13.1 Å². The molecule has 0 spiro atoms. The molecule has 0 atom stereocenters. The van der Waals surface area contributed by atoms with Crippen molar-refractivity contribution in [1.82, 2.24) is 15.6 Å². The van der Waals surface area contributed by atoms with Crippen molar-refractivity contribution in [1.29, 1.82) is 0 Å². The SMILES string of the molecule is CCNC(=NCc1ccccc1C)NCc1ccccn1.I. The fraction of sp³-hybridized carbons (Fsp3) is 0.294. The van der Waals surface area contributed by atoms with Gasteiger partial charge in [-0.15, -0.1) is 24.0 Å². The molecule has 0 bridgehead atoms. The second-order valence-corrected chi connectivity index (χ2v) is 4.80. The molecule has 0 unspecified atom stereocenters. The van der Waals surface area contributed by atoms with Crippen molar-refractivity contribution in [2.45, 2.75) is 26.9 Å². The lowest BCUT2D eigenvalue weighted by molar-refractivity contribution is 0.799. The highest BCUT2D eigenvalue weighted by molar-refractivity contribution is 14.0. The van der Waals surface area contributed by atoms with Gasteiger partial charge in [-0.05, 0) is 37.1 Å². The Labute approximate surface area is 149 Å². The van der Waals surface area contributed by atoms with Crippen molar-refractivity contribution in [3.63, 3.8) is 0 Å². The Kier molecular flexibility index (Phi) is 8.50. The Hall–Kier alpha value is -1.63. The molecule has 22 heavy (non-hydrogen) atoms. The number of guanidine groups is 1. The highest BCUT2D eigenvalue weighted by Crippen LogP contribution is 2.07. The maximum Gasteiger partial charge on any atom is 0.191 e. The van der Waals surface area contributed by atoms with E-state index in [4.69, 9.17) is 0 Å². The summed E-state index contributed by atoms with van der Waals surface area (Å²) >= 11 is 0. The highest BCUT2D eigenvalue weighted by Gasteiger charge is 2.00. The van der Waals surface area contributed by atoms with Crippen LogP contribution in [0.25, 0.3) is 0 Å². The number of hydrogen-bond donors (Lipinski definition) is 2. The number of benzene rings is 1. The molecule has 5 heteroatoms. The third-order valence-corrected chi connectivity index (χ3v) is 3.18. The summed E-state index contributed by atoms with van der Waals surface area (Å²) in [5.41, 5.74) is 3.51. The lowest BCUT2D eigenvalue weighted by Gasteiger charge is -2.11. The van der Waals surface area contributed by atoms with E-state index in [0.717, 1.165) is 18.2 Å². The van der Waals surface area contributed by atoms with Gasteiger partial charge in [0, 0.05) is 12.7 Å². The van der Waals surface area contributed by atoms with Crippen molar-refractivity contribution in [2.75, 3.05) is 6.54 Å². The van der Waals surface area contributed by atoms with Crippen molar-refractivity contribution in [2.24, 2.45) is 4.99 Å². The molecule has 2 rings (SSSR count). The molecule has 1 heterocycles. The summed E-state index contributed by atoms with van der Waals surface area (Å²) in [5, 5.41) is 6.56. The quantitative estimate of drug-likeness (QED) is 0.452. The van der Waals surface area contributed by atoms with Crippen molar-refractivity contribution >= 4 is 29.9 Å². The van der Waals surface area contributed by atoms with Gasteiger partial charge in [0.1, 0.15) is 0 Å². The number of pyridine rings is 1. The lowest BCUT2D eigenvalue weighted by atomic mass is 10.1. The summed E-state index contributed by atoms with van der Waals surface area (Å²) in [6.45, 7) is 6.34. The molecule has 1 aromatic carbocycles. The van der Waals surface area contributed by atoms with Gasteiger partial charge in [-0.25, -0.2) is 4.99 Å². The second kappa shape index (κ2) is 10.2. The van der Waals surface area contributed by atoms with Crippen LogP contribution in [0.4, 0.5) is 0 Å². The Morgan fingerprint density at radius 1 is 1.09 bits per heavy atom. The number of aliphatic imine (C=N–C) groups is 1. The molecule has 0 saturated heterocycles.